The van der Waals surface area contributed by atoms with Crippen molar-refractivity contribution in [3.63, 3.8) is 0 Å². The fourth-order valence-electron chi connectivity index (χ4n) is 2.39. The molecule has 0 atom stereocenters. The fraction of sp³-hybridized carbons (Fsp3) is 0.562. The molecule has 0 unspecified atom stereocenters. The number of rotatable bonds is 8. The van der Waals surface area contributed by atoms with Gasteiger partial charge in [-0.05, 0) is 25.1 Å². The Balaban J connectivity index is 2.09. The number of hydrogen-bond acceptors (Lipinski definition) is 3. The molecule has 0 aliphatic carbocycles. The van der Waals surface area contributed by atoms with Gasteiger partial charge in [0.25, 0.3) is 0 Å². The lowest BCUT2D eigenvalue weighted by Gasteiger charge is -2.10. The van der Waals surface area contributed by atoms with Crippen molar-refractivity contribution in [2.24, 2.45) is 0 Å². The van der Waals surface area contributed by atoms with Crippen LogP contribution >= 0.6 is 0 Å². The van der Waals surface area contributed by atoms with Crippen molar-refractivity contribution in [1.29, 1.82) is 0 Å². The number of hydrogen-bond donors (Lipinski definition) is 1. The number of methoxy groups -OCH3 is 1. The summed E-state index contributed by atoms with van der Waals surface area (Å²) < 4.78 is 7.50. The van der Waals surface area contributed by atoms with Gasteiger partial charge in [0.1, 0.15) is 5.82 Å². The summed E-state index contributed by atoms with van der Waals surface area (Å²) in [5.41, 5.74) is 2.28. The van der Waals surface area contributed by atoms with E-state index in [-0.39, 0.29) is 0 Å². The monoisotopic (exact) mass is 275 g/mol. The zero-order valence-corrected chi connectivity index (χ0v) is 12.7. The summed E-state index contributed by atoms with van der Waals surface area (Å²) in [5.74, 6) is 1.16. The van der Waals surface area contributed by atoms with Crippen LogP contribution in [0.2, 0.25) is 0 Å². The van der Waals surface area contributed by atoms with Crippen LogP contribution in [0.1, 0.15) is 26.1 Å². The Bertz CT molecular complexity index is 534. The number of aromatic nitrogens is 2. The lowest BCUT2D eigenvalue weighted by Crippen LogP contribution is -2.24. The van der Waals surface area contributed by atoms with E-state index in [0.717, 1.165) is 43.9 Å². The molecule has 2 aromatic rings. The van der Waals surface area contributed by atoms with Crippen LogP contribution in [-0.4, -0.2) is 35.9 Å². The molecule has 4 heteroatoms. The summed E-state index contributed by atoms with van der Waals surface area (Å²) >= 11 is 0. The molecule has 2 rings (SSSR count). The molecular formula is C16H25N3O. The first kappa shape index (κ1) is 15.0. The molecule has 0 fully saturated rings. The van der Waals surface area contributed by atoms with Crippen molar-refractivity contribution < 1.29 is 4.74 Å². The zero-order valence-electron chi connectivity index (χ0n) is 12.7. The number of nitrogens with one attached hydrogen (secondary N) is 1. The van der Waals surface area contributed by atoms with E-state index in [1.807, 2.05) is 6.07 Å². The predicted octanol–water partition coefficient (Wildman–Crippen LogP) is 2.61. The number of imidazole rings is 1. The molecule has 0 saturated carbocycles. The smallest absolute Gasteiger partial charge is 0.109 e. The Hall–Kier alpha value is -1.39. The minimum atomic E-state index is 0.544. The molecule has 1 aromatic heterocycles. The summed E-state index contributed by atoms with van der Waals surface area (Å²) in [6, 6.07) is 8.86. The Morgan fingerprint density at radius 1 is 1.30 bits per heavy atom. The predicted molar refractivity (Wildman–Crippen MR) is 83.1 cm³/mol. The molecule has 1 heterocycles. The van der Waals surface area contributed by atoms with Crippen LogP contribution in [0.4, 0.5) is 0 Å². The Labute approximate surface area is 121 Å². The van der Waals surface area contributed by atoms with Gasteiger partial charge in [-0.1, -0.05) is 26.0 Å². The highest BCUT2D eigenvalue weighted by molar-refractivity contribution is 5.75. The number of ether oxygens (including phenoxy) is 1. The van der Waals surface area contributed by atoms with Crippen LogP contribution in [0.3, 0.4) is 0 Å². The van der Waals surface area contributed by atoms with Crippen LogP contribution in [0.25, 0.3) is 11.0 Å². The highest BCUT2D eigenvalue weighted by Crippen LogP contribution is 2.17. The SMILES string of the molecule is COCCn1c(CCCNC(C)C)nc2ccccc21. The van der Waals surface area contributed by atoms with Gasteiger partial charge in [-0.2, -0.15) is 0 Å². The highest BCUT2D eigenvalue weighted by atomic mass is 16.5. The third kappa shape index (κ3) is 3.81. The molecule has 1 N–H and O–H groups in total. The molecule has 0 radical (unpaired) electrons. The van der Waals surface area contributed by atoms with E-state index < -0.39 is 0 Å². The van der Waals surface area contributed by atoms with Crippen molar-refractivity contribution >= 4 is 11.0 Å². The van der Waals surface area contributed by atoms with Crippen molar-refractivity contribution in [2.45, 2.75) is 39.3 Å². The average Bonchev–Trinajstić information content (AvgIpc) is 2.79. The molecule has 0 aliphatic heterocycles. The number of aryl methyl sites for hydroxylation is 1. The number of para-hydroxylation sites is 2. The quantitative estimate of drug-likeness (QED) is 0.753. The van der Waals surface area contributed by atoms with Crippen LogP contribution in [0.15, 0.2) is 24.3 Å². The standard InChI is InChI=1S/C16H25N3O/c1-13(2)17-10-6-9-16-18-14-7-4-5-8-15(14)19(16)11-12-20-3/h4-5,7-8,13,17H,6,9-12H2,1-3H3. The molecule has 1 aromatic carbocycles. The minimum absolute atomic E-state index is 0.544. The van der Waals surface area contributed by atoms with Crippen molar-refractivity contribution in [3.05, 3.63) is 30.1 Å². The second-order valence-electron chi connectivity index (χ2n) is 5.37. The summed E-state index contributed by atoms with van der Waals surface area (Å²) in [6.07, 6.45) is 2.10. The molecular weight excluding hydrogens is 250 g/mol. The largest absolute Gasteiger partial charge is 0.383 e. The average molecular weight is 275 g/mol. The molecule has 0 bridgehead atoms. The Morgan fingerprint density at radius 3 is 2.85 bits per heavy atom. The molecule has 20 heavy (non-hydrogen) atoms. The van der Waals surface area contributed by atoms with Gasteiger partial charge in [-0.15, -0.1) is 0 Å². The van der Waals surface area contributed by atoms with E-state index in [1.165, 1.54) is 5.52 Å². The second kappa shape index (κ2) is 7.41. The van der Waals surface area contributed by atoms with Crippen LogP contribution in [-0.2, 0) is 17.7 Å². The molecule has 110 valence electrons. The minimum Gasteiger partial charge on any atom is -0.383 e. The third-order valence-corrected chi connectivity index (χ3v) is 3.38. The molecule has 0 aliphatic rings. The third-order valence-electron chi connectivity index (χ3n) is 3.38. The number of fused-ring (bicyclic) bond motifs is 1. The van der Waals surface area contributed by atoms with Gasteiger partial charge >= 0.3 is 0 Å². The van der Waals surface area contributed by atoms with E-state index in [0.29, 0.717) is 6.04 Å². The van der Waals surface area contributed by atoms with Crippen LogP contribution < -0.4 is 5.32 Å². The fourth-order valence-corrected chi connectivity index (χ4v) is 2.39. The van der Waals surface area contributed by atoms with E-state index in [2.05, 4.69) is 41.9 Å². The first-order chi connectivity index (χ1) is 9.72. The summed E-state index contributed by atoms with van der Waals surface area (Å²) in [5, 5.41) is 3.45. The molecule has 0 saturated heterocycles. The van der Waals surface area contributed by atoms with Crippen LogP contribution in [0.5, 0.6) is 0 Å². The van der Waals surface area contributed by atoms with E-state index in [9.17, 15) is 0 Å². The van der Waals surface area contributed by atoms with Crippen molar-refractivity contribution in [1.82, 2.24) is 14.9 Å². The maximum atomic E-state index is 5.22. The highest BCUT2D eigenvalue weighted by Gasteiger charge is 2.09. The van der Waals surface area contributed by atoms with Gasteiger partial charge in [0, 0.05) is 26.1 Å². The normalized spacial score (nSPS) is 11.6. The maximum Gasteiger partial charge on any atom is 0.109 e. The van der Waals surface area contributed by atoms with E-state index >= 15 is 0 Å². The van der Waals surface area contributed by atoms with E-state index in [4.69, 9.17) is 9.72 Å². The van der Waals surface area contributed by atoms with Crippen LogP contribution in [0, 0.1) is 0 Å². The number of nitrogens with zero attached hydrogens (tertiary/aromatic N) is 2. The number of benzene rings is 1. The first-order valence-electron chi connectivity index (χ1n) is 7.39. The Kier molecular flexibility index (Phi) is 5.56. The van der Waals surface area contributed by atoms with Gasteiger partial charge in [0.05, 0.1) is 17.6 Å². The van der Waals surface area contributed by atoms with Gasteiger partial charge in [-0.3, -0.25) is 0 Å². The molecule has 0 amide bonds. The first-order valence-corrected chi connectivity index (χ1v) is 7.39. The van der Waals surface area contributed by atoms with Gasteiger partial charge in [0.15, 0.2) is 0 Å². The second-order valence-corrected chi connectivity index (χ2v) is 5.37. The zero-order chi connectivity index (χ0) is 14.4. The molecule has 4 nitrogen and oxygen atoms in total. The lowest BCUT2D eigenvalue weighted by molar-refractivity contribution is 0.187. The van der Waals surface area contributed by atoms with Crippen molar-refractivity contribution in [2.75, 3.05) is 20.3 Å². The van der Waals surface area contributed by atoms with Crippen molar-refractivity contribution in [3.8, 4) is 0 Å². The molecule has 0 spiro atoms. The summed E-state index contributed by atoms with van der Waals surface area (Å²) in [7, 11) is 1.74. The topological polar surface area (TPSA) is 39.1 Å². The Morgan fingerprint density at radius 2 is 2.10 bits per heavy atom. The lowest BCUT2D eigenvalue weighted by atomic mass is 10.2. The van der Waals surface area contributed by atoms with Gasteiger partial charge in [0.2, 0.25) is 0 Å². The summed E-state index contributed by atoms with van der Waals surface area (Å²) in [6.45, 7) is 6.97. The van der Waals surface area contributed by atoms with Gasteiger partial charge < -0.3 is 14.6 Å². The summed E-state index contributed by atoms with van der Waals surface area (Å²) in [4.78, 5) is 4.76. The maximum absolute atomic E-state index is 5.22. The van der Waals surface area contributed by atoms with E-state index in [1.54, 1.807) is 7.11 Å². The van der Waals surface area contributed by atoms with Gasteiger partial charge in [-0.25, -0.2) is 4.98 Å².